The van der Waals surface area contributed by atoms with Crippen molar-refractivity contribution in [2.45, 2.75) is 37.5 Å². The van der Waals surface area contributed by atoms with Crippen LogP contribution in [0.4, 0.5) is 0 Å². The molecule has 8 heteroatoms. The lowest BCUT2D eigenvalue weighted by atomic mass is 9.90. The molecule has 7 nitrogen and oxygen atoms in total. The summed E-state index contributed by atoms with van der Waals surface area (Å²) in [6.07, 6.45) is 2.30. The Labute approximate surface area is 123 Å². The van der Waals surface area contributed by atoms with E-state index in [4.69, 9.17) is 9.15 Å². The zero-order chi connectivity index (χ0) is 14.6. The van der Waals surface area contributed by atoms with Gasteiger partial charge in [-0.3, -0.25) is 0 Å². The second-order valence-corrected chi connectivity index (χ2v) is 8.49. The first-order valence-corrected chi connectivity index (χ1v) is 8.94. The summed E-state index contributed by atoms with van der Waals surface area (Å²) in [5.41, 5.74) is 0. The first-order valence-electron chi connectivity index (χ1n) is 7.43. The molecule has 2 aliphatic heterocycles. The minimum absolute atomic E-state index is 0.0209. The third kappa shape index (κ3) is 2.39. The van der Waals surface area contributed by atoms with Gasteiger partial charge in [-0.2, -0.15) is 4.31 Å². The molecule has 1 saturated carbocycles. The first kappa shape index (κ1) is 13.7. The number of ether oxygens (including phenoxy) is 1. The van der Waals surface area contributed by atoms with E-state index in [0.717, 1.165) is 12.8 Å². The van der Waals surface area contributed by atoms with Gasteiger partial charge in [0, 0.05) is 32.4 Å². The Bertz CT molecular complexity index is 640. The SMILES string of the molecule is Cc1nnc(C[C@@H]2CO[C@H]3CN(S(=O)(=O)C4CC4)C[C@@H]23)o1. The lowest BCUT2D eigenvalue weighted by Gasteiger charge is -2.18. The van der Waals surface area contributed by atoms with E-state index >= 15 is 0 Å². The maximum absolute atomic E-state index is 12.3. The van der Waals surface area contributed by atoms with Crippen LogP contribution < -0.4 is 0 Å². The van der Waals surface area contributed by atoms with Gasteiger partial charge in [0.05, 0.1) is 18.0 Å². The molecule has 4 rings (SSSR count). The van der Waals surface area contributed by atoms with Crippen molar-refractivity contribution < 1.29 is 17.6 Å². The van der Waals surface area contributed by atoms with E-state index in [9.17, 15) is 8.42 Å². The average Bonchev–Trinajstić information content (AvgIpc) is 2.94. The van der Waals surface area contributed by atoms with Gasteiger partial charge in [-0.25, -0.2) is 8.42 Å². The van der Waals surface area contributed by atoms with Gasteiger partial charge in [0.1, 0.15) is 0 Å². The summed E-state index contributed by atoms with van der Waals surface area (Å²) in [6, 6.07) is 0. The van der Waals surface area contributed by atoms with Gasteiger partial charge in [-0.15, -0.1) is 10.2 Å². The number of aryl methyl sites for hydroxylation is 1. The van der Waals surface area contributed by atoms with E-state index in [2.05, 4.69) is 10.2 Å². The van der Waals surface area contributed by atoms with Crippen LogP contribution in [0.1, 0.15) is 24.6 Å². The summed E-state index contributed by atoms with van der Waals surface area (Å²) in [4.78, 5) is 0. The molecule has 0 spiro atoms. The number of aromatic nitrogens is 2. The zero-order valence-corrected chi connectivity index (χ0v) is 12.8. The van der Waals surface area contributed by atoms with Crippen molar-refractivity contribution in [2.75, 3.05) is 19.7 Å². The van der Waals surface area contributed by atoms with E-state index in [-0.39, 0.29) is 23.2 Å². The van der Waals surface area contributed by atoms with Crippen molar-refractivity contribution in [2.24, 2.45) is 11.8 Å². The largest absolute Gasteiger partial charge is 0.426 e. The van der Waals surface area contributed by atoms with Gasteiger partial charge < -0.3 is 9.15 Å². The van der Waals surface area contributed by atoms with Gasteiger partial charge in [0.15, 0.2) is 0 Å². The Morgan fingerprint density at radius 3 is 2.76 bits per heavy atom. The molecule has 1 aromatic rings. The number of fused-ring (bicyclic) bond motifs is 1. The van der Waals surface area contributed by atoms with Crippen molar-refractivity contribution in [1.82, 2.24) is 14.5 Å². The van der Waals surface area contributed by atoms with Crippen LogP contribution in [0.2, 0.25) is 0 Å². The molecule has 0 N–H and O–H groups in total. The predicted molar refractivity (Wildman–Crippen MR) is 73.0 cm³/mol. The van der Waals surface area contributed by atoms with Crippen molar-refractivity contribution in [1.29, 1.82) is 0 Å². The zero-order valence-electron chi connectivity index (χ0n) is 11.9. The van der Waals surface area contributed by atoms with Crippen LogP contribution in [0.25, 0.3) is 0 Å². The van der Waals surface area contributed by atoms with Gasteiger partial charge >= 0.3 is 0 Å². The van der Waals surface area contributed by atoms with Gasteiger partial charge in [-0.1, -0.05) is 0 Å². The van der Waals surface area contributed by atoms with Crippen LogP contribution >= 0.6 is 0 Å². The highest BCUT2D eigenvalue weighted by molar-refractivity contribution is 7.90. The molecule has 1 aliphatic carbocycles. The summed E-state index contributed by atoms with van der Waals surface area (Å²) >= 11 is 0. The van der Waals surface area contributed by atoms with Gasteiger partial charge in [0.25, 0.3) is 0 Å². The van der Waals surface area contributed by atoms with Crippen LogP contribution in [-0.4, -0.2) is 54.0 Å². The number of nitrogens with zero attached hydrogens (tertiary/aromatic N) is 3. The molecule has 116 valence electrons. The molecule has 3 atom stereocenters. The summed E-state index contributed by atoms with van der Waals surface area (Å²) in [7, 11) is -3.10. The summed E-state index contributed by atoms with van der Waals surface area (Å²) in [6.45, 7) is 3.49. The fraction of sp³-hybridized carbons (Fsp3) is 0.846. The van der Waals surface area contributed by atoms with Crippen LogP contribution in [0.3, 0.4) is 0 Å². The van der Waals surface area contributed by atoms with Crippen LogP contribution in [-0.2, 0) is 21.2 Å². The van der Waals surface area contributed by atoms with E-state index in [1.807, 2.05) is 0 Å². The second kappa shape index (κ2) is 4.76. The summed E-state index contributed by atoms with van der Waals surface area (Å²) in [5.74, 6) is 1.68. The standard InChI is InChI=1S/C13H19N3O4S/c1-8-14-15-13(20-8)4-9-7-19-12-6-16(5-11(9)12)21(17,18)10-2-3-10/h9-12H,2-7H2,1H3/t9-,11+,12+/m1/s1. The quantitative estimate of drug-likeness (QED) is 0.798. The van der Waals surface area contributed by atoms with Crippen LogP contribution in [0.5, 0.6) is 0 Å². The number of rotatable bonds is 4. The smallest absolute Gasteiger partial charge is 0.217 e. The summed E-state index contributed by atoms with van der Waals surface area (Å²) < 4.78 is 37.5. The van der Waals surface area contributed by atoms with Crippen LogP contribution in [0.15, 0.2) is 4.42 Å². The van der Waals surface area contributed by atoms with E-state index < -0.39 is 10.0 Å². The molecule has 0 bridgehead atoms. The third-order valence-corrected chi connectivity index (χ3v) is 7.05. The monoisotopic (exact) mass is 313 g/mol. The Morgan fingerprint density at radius 2 is 2.10 bits per heavy atom. The second-order valence-electron chi connectivity index (χ2n) is 6.28. The molecular weight excluding hydrogens is 294 g/mol. The van der Waals surface area contributed by atoms with Crippen molar-refractivity contribution >= 4 is 10.0 Å². The maximum Gasteiger partial charge on any atom is 0.217 e. The topological polar surface area (TPSA) is 85.5 Å². The van der Waals surface area contributed by atoms with E-state index in [0.29, 0.717) is 37.9 Å². The number of hydrogen-bond donors (Lipinski definition) is 0. The first-order chi connectivity index (χ1) is 10.0. The molecule has 0 aromatic carbocycles. The normalized spacial score (nSPS) is 33.5. The molecule has 0 radical (unpaired) electrons. The highest BCUT2D eigenvalue weighted by Crippen LogP contribution is 2.40. The average molecular weight is 313 g/mol. The van der Waals surface area contributed by atoms with Crippen molar-refractivity contribution in [3.8, 4) is 0 Å². The third-order valence-electron chi connectivity index (χ3n) is 4.72. The molecule has 3 heterocycles. The Hall–Kier alpha value is -0.990. The molecule has 3 fully saturated rings. The lowest BCUT2D eigenvalue weighted by molar-refractivity contribution is 0.103. The maximum atomic E-state index is 12.3. The minimum Gasteiger partial charge on any atom is -0.426 e. The highest BCUT2D eigenvalue weighted by atomic mass is 32.2. The Balaban J connectivity index is 1.46. The fourth-order valence-corrected chi connectivity index (χ4v) is 5.29. The van der Waals surface area contributed by atoms with Crippen molar-refractivity contribution in [3.05, 3.63) is 11.8 Å². The molecule has 2 saturated heterocycles. The Kier molecular flexibility index (Phi) is 3.09. The van der Waals surface area contributed by atoms with E-state index in [1.54, 1.807) is 11.2 Å². The Morgan fingerprint density at radius 1 is 1.29 bits per heavy atom. The molecule has 1 aromatic heterocycles. The molecule has 21 heavy (non-hydrogen) atoms. The highest BCUT2D eigenvalue weighted by Gasteiger charge is 2.50. The van der Waals surface area contributed by atoms with Crippen LogP contribution in [0, 0.1) is 18.8 Å². The molecule has 3 aliphatic rings. The molecular formula is C13H19N3O4S. The van der Waals surface area contributed by atoms with Gasteiger partial charge in [-0.05, 0) is 18.8 Å². The predicted octanol–water partition coefficient (Wildman–Crippen LogP) is 0.360. The molecule has 0 amide bonds. The minimum atomic E-state index is -3.10. The number of sulfonamides is 1. The summed E-state index contributed by atoms with van der Waals surface area (Å²) in [5, 5.41) is 7.72. The van der Waals surface area contributed by atoms with Gasteiger partial charge in [0.2, 0.25) is 21.8 Å². The van der Waals surface area contributed by atoms with E-state index in [1.165, 1.54) is 0 Å². The number of hydrogen-bond acceptors (Lipinski definition) is 6. The van der Waals surface area contributed by atoms with Crippen molar-refractivity contribution in [3.63, 3.8) is 0 Å². The lowest BCUT2D eigenvalue weighted by Crippen LogP contribution is -2.34. The fourth-order valence-electron chi connectivity index (χ4n) is 3.40. The molecule has 0 unspecified atom stereocenters.